The van der Waals surface area contributed by atoms with Gasteiger partial charge in [0.15, 0.2) is 6.61 Å². The molecule has 3 aromatic carbocycles. The van der Waals surface area contributed by atoms with Gasteiger partial charge in [-0.05, 0) is 42.2 Å². The number of nitrogens with zero attached hydrogens (tertiary/aromatic N) is 2. The zero-order valence-corrected chi connectivity index (χ0v) is 24.1. The molecule has 3 aromatic rings. The third-order valence-corrected chi connectivity index (χ3v) is 7.76. The van der Waals surface area contributed by atoms with E-state index in [0.717, 1.165) is 31.2 Å². The molecule has 2 amide bonds. The zero-order chi connectivity index (χ0) is 29.4. The van der Waals surface area contributed by atoms with Crippen LogP contribution in [0.15, 0.2) is 66.7 Å². The predicted octanol–water partition coefficient (Wildman–Crippen LogP) is 5.99. The molecule has 1 aliphatic carbocycles. The predicted molar refractivity (Wildman–Crippen MR) is 156 cm³/mol. The second-order valence-electron chi connectivity index (χ2n) is 9.85. The second kappa shape index (κ2) is 14.2. The fraction of sp³-hybridized carbons (Fsp3) is 0.333. The summed E-state index contributed by atoms with van der Waals surface area (Å²) in [4.78, 5) is 39.7. The van der Waals surface area contributed by atoms with E-state index in [4.69, 9.17) is 32.7 Å². The van der Waals surface area contributed by atoms with Gasteiger partial charge in [-0.1, -0.05) is 72.4 Å². The van der Waals surface area contributed by atoms with Crippen molar-refractivity contribution >= 4 is 40.7 Å². The molecule has 0 aromatic heterocycles. The number of hydrogen-bond donors (Lipinski definition) is 1. The maximum atomic E-state index is 13.8. The summed E-state index contributed by atoms with van der Waals surface area (Å²) in [5.74, 6) is -0.474. The average molecular weight is 600 g/mol. The number of carbonyl (C=O) groups excluding carboxylic acids is 2. The largest absolute Gasteiger partial charge is 0.490 e. The van der Waals surface area contributed by atoms with Crippen LogP contribution in [0, 0.1) is 10.1 Å². The van der Waals surface area contributed by atoms with E-state index in [1.807, 2.05) is 30.3 Å². The van der Waals surface area contributed by atoms with Gasteiger partial charge in [0.05, 0.1) is 22.1 Å². The highest BCUT2D eigenvalue weighted by Crippen LogP contribution is 2.31. The molecule has 0 spiro atoms. The summed E-state index contributed by atoms with van der Waals surface area (Å²) >= 11 is 12.4. The Labute approximate surface area is 248 Å². The van der Waals surface area contributed by atoms with E-state index in [1.165, 1.54) is 30.2 Å². The number of nitro benzene ring substituents is 1. The van der Waals surface area contributed by atoms with E-state index < -0.39 is 23.5 Å². The SMILES string of the molecule is COc1cc(OCC(=O)N(Cc2ccc(Cl)c(Cl)c2)[C@H](Cc2ccccc2)C(=O)NC2CCCC2)ccc1[N+](=O)[O-]. The van der Waals surface area contributed by atoms with Gasteiger partial charge in [0, 0.05) is 31.1 Å². The number of halogens is 2. The van der Waals surface area contributed by atoms with Gasteiger partial charge in [-0.15, -0.1) is 0 Å². The summed E-state index contributed by atoms with van der Waals surface area (Å²) in [5.41, 5.74) is 1.36. The van der Waals surface area contributed by atoms with Crippen molar-refractivity contribution in [3.8, 4) is 11.5 Å². The zero-order valence-electron chi connectivity index (χ0n) is 22.6. The highest BCUT2D eigenvalue weighted by Gasteiger charge is 2.32. The molecule has 1 atom stereocenters. The lowest BCUT2D eigenvalue weighted by Crippen LogP contribution is -2.53. The van der Waals surface area contributed by atoms with Crippen molar-refractivity contribution in [1.29, 1.82) is 0 Å². The van der Waals surface area contributed by atoms with Gasteiger partial charge in [-0.2, -0.15) is 0 Å². The summed E-state index contributed by atoms with van der Waals surface area (Å²) in [5, 5.41) is 15.1. The molecule has 0 saturated heterocycles. The molecule has 0 aliphatic heterocycles. The Balaban J connectivity index is 1.63. The lowest BCUT2D eigenvalue weighted by molar-refractivity contribution is -0.385. The summed E-state index contributed by atoms with van der Waals surface area (Å²) < 4.78 is 10.9. The first-order chi connectivity index (χ1) is 19.7. The minimum Gasteiger partial charge on any atom is -0.490 e. The molecular formula is C30H31Cl2N3O6. The van der Waals surface area contributed by atoms with Crippen molar-refractivity contribution < 1.29 is 24.0 Å². The molecule has 4 rings (SSSR count). The number of nitrogens with one attached hydrogen (secondary N) is 1. The Bertz CT molecular complexity index is 1380. The highest BCUT2D eigenvalue weighted by molar-refractivity contribution is 6.42. The van der Waals surface area contributed by atoms with E-state index in [1.54, 1.807) is 18.2 Å². The van der Waals surface area contributed by atoms with Gasteiger partial charge >= 0.3 is 5.69 Å². The Hall–Kier alpha value is -3.82. The molecule has 0 unspecified atom stereocenters. The maximum Gasteiger partial charge on any atom is 0.311 e. The van der Waals surface area contributed by atoms with Crippen molar-refractivity contribution in [2.75, 3.05) is 13.7 Å². The third-order valence-electron chi connectivity index (χ3n) is 7.02. The van der Waals surface area contributed by atoms with Gasteiger partial charge in [0.2, 0.25) is 11.7 Å². The van der Waals surface area contributed by atoms with Gasteiger partial charge in [-0.3, -0.25) is 19.7 Å². The second-order valence-corrected chi connectivity index (χ2v) is 10.7. The molecule has 9 nitrogen and oxygen atoms in total. The van der Waals surface area contributed by atoms with E-state index in [9.17, 15) is 19.7 Å². The number of hydrogen-bond acceptors (Lipinski definition) is 6. The van der Waals surface area contributed by atoms with Crippen LogP contribution in [0.2, 0.25) is 10.0 Å². The summed E-state index contributed by atoms with van der Waals surface area (Å²) in [6, 6.07) is 17.8. The van der Waals surface area contributed by atoms with Crippen LogP contribution in [-0.2, 0) is 22.6 Å². The van der Waals surface area contributed by atoms with Crippen molar-refractivity contribution in [2.45, 2.75) is 50.7 Å². The van der Waals surface area contributed by atoms with E-state index in [-0.39, 0.29) is 42.1 Å². The molecule has 1 fully saturated rings. The maximum absolute atomic E-state index is 13.8. The summed E-state index contributed by atoms with van der Waals surface area (Å²) in [6.45, 7) is -0.331. The first kappa shape index (κ1) is 30.1. The molecule has 216 valence electrons. The number of nitro groups is 1. The minimum absolute atomic E-state index is 0.00510. The van der Waals surface area contributed by atoms with E-state index in [0.29, 0.717) is 15.6 Å². The van der Waals surface area contributed by atoms with Crippen LogP contribution in [0.5, 0.6) is 11.5 Å². The molecule has 0 heterocycles. The van der Waals surface area contributed by atoms with Crippen LogP contribution in [0.3, 0.4) is 0 Å². The molecule has 1 aliphatic rings. The lowest BCUT2D eigenvalue weighted by Gasteiger charge is -2.32. The van der Waals surface area contributed by atoms with Crippen molar-refractivity contribution in [1.82, 2.24) is 10.2 Å². The Morgan fingerprint density at radius 2 is 1.76 bits per heavy atom. The van der Waals surface area contributed by atoms with Crippen LogP contribution < -0.4 is 14.8 Å². The smallest absolute Gasteiger partial charge is 0.311 e. The molecule has 0 bridgehead atoms. The Morgan fingerprint density at radius 1 is 1.02 bits per heavy atom. The van der Waals surface area contributed by atoms with Gasteiger partial charge < -0.3 is 19.7 Å². The van der Waals surface area contributed by atoms with E-state index >= 15 is 0 Å². The molecule has 1 N–H and O–H groups in total. The van der Waals surface area contributed by atoms with Gasteiger partial charge in [0.1, 0.15) is 11.8 Å². The Morgan fingerprint density at radius 3 is 2.41 bits per heavy atom. The van der Waals surface area contributed by atoms with Crippen LogP contribution >= 0.6 is 23.2 Å². The van der Waals surface area contributed by atoms with Crippen molar-refractivity contribution in [2.24, 2.45) is 0 Å². The minimum atomic E-state index is -0.838. The van der Waals surface area contributed by atoms with Crippen molar-refractivity contribution in [3.05, 3.63) is 98.0 Å². The summed E-state index contributed by atoms with van der Waals surface area (Å²) in [6.07, 6.45) is 4.18. The molecule has 41 heavy (non-hydrogen) atoms. The number of carbonyl (C=O) groups is 2. The lowest BCUT2D eigenvalue weighted by atomic mass is 10.0. The van der Waals surface area contributed by atoms with E-state index in [2.05, 4.69) is 5.32 Å². The van der Waals surface area contributed by atoms with Crippen LogP contribution in [0.25, 0.3) is 0 Å². The highest BCUT2D eigenvalue weighted by atomic mass is 35.5. The van der Waals surface area contributed by atoms with Crippen LogP contribution in [0.1, 0.15) is 36.8 Å². The number of methoxy groups -OCH3 is 1. The fourth-order valence-corrected chi connectivity index (χ4v) is 5.20. The van der Waals surface area contributed by atoms with Crippen LogP contribution in [0.4, 0.5) is 5.69 Å². The quantitative estimate of drug-likeness (QED) is 0.202. The Kier molecular flexibility index (Phi) is 10.4. The van der Waals surface area contributed by atoms with Crippen molar-refractivity contribution in [3.63, 3.8) is 0 Å². The van der Waals surface area contributed by atoms with Gasteiger partial charge in [-0.25, -0.2) is 0 Å². The first-order valence-corrected chi connectivity index (χ1v) is 14.0. The monoisotopic (exact) mass is 599 g/mol. The number of amides is 2. The average Bonchev–Trinajstić information content (AvgIpc) is 3.48. The first-order valence-electron chi connectivity index (χ1n) is 13.3. The number of ether oxygens (including phenoxy) is 2. The topological polar surface area (TPSA) is 111 Å². The number of rotatable bonds is 12. The number of benzene rings is 3. The van der Waals surface area contributed by atoms with Gasteiger partial charge in [0.25, 0.3) is 5.91 Å². The summed E-state index contributed by atoms with van der Waals surface area (Å²) in [7, 11) is 1.31. The molecular weight excluding hydrogens is 569 g/mol. The normalized spacial score (nSPS) is 13.8. The molecule has 1 saturated carbocycles. The molecule has 0 radical (unpaired) electrons. The van der Waals surface area contributed by atoms with Crippen LogP contribution in [-0.4, -0.2) is 47.4 Å². The molecule has 11 heteroatoms. The standard InChI is InChI=1S/C30H31Cl2N3O6/c1-40-28-17-23(12-14-26(28)35(38)39)41-19-29(36)34(18-21-11-13-24(31)25(32)15-21)27(16-20-7-3-2-4-8-20)30(37)33-22-9-5-6-10-22/h2-4,7-8,11-15,17,22,27H,5-6,9-10,16,18-19H2,1H3,(H,33,37)/t27-/m1/s1. The fourth-order valence-electron chi connectivity index (χ4n) is 4.88. The third kappa shape index (κ3) is 8.11.